The zero-order valence-corrected chi connectivity index (χ0v) is 43.5. The maximum Gasteiger partial charge on any atom is 0.325 e. The summed E-state index contributed by atoms with van der Waals surface area (Å²) < 4.78 is 23.2. The van der Waals surface area contributed by atoms with Gasteiger partial charge in [-0.25, -0.2) is 0 Å². The lowest BCUT2D eigenvalue weighted by Gasteiger charge is -2.48. The Morgan fingerprint density at radius 3 is 1.68 bits per heavy atom. The number of aliphatic hydroxyl groups excluding tert-OH is 5. The van der Waals surface area contributed by atoms with E-state index in [-0.39, 0.29) is 32.4 Å². The maximum atomic E-state index is 13.6. The molecule has 0 spiro atoms. The van der Waals surface area contributed by atoms with Crippen molar-refractivity contribution < 1.29 is 107 Å². The molecule has 2 rings (SSSR count). The lowest BCUT2D eigenvalue weighted by molar-refractivity contribution is -0.333. The first-order valence-electron chi connectivity index (χ1n) is 24.6. The van der Waals surface area contributed by atoms with E-state index in [9.17, 15) is 88.2 Å². The van der Waals surface area contributed by atoms with Gasteiger partial charge in [0.05, 0.1) is 39.4 Å². The SMILES string of the molecule is CC(=O)NC1C(OC2C(CO)OC(O)C(NC(C)=O)C2OC(C)C(=O)NC(C)C(=O)NC(CCC(=O)NC(CCCCNC(=O)CNC(=O)CNC(=O)CNC(=O)CN)C(=O)NC(C)C(=O)O)C(N)=O)OC(CO)C(O)C1O. The largest absolute Gasteiger partial charge is 0.480 e. The van der Waals surface area contributed by atoms with E-state index in [2.05, 4.69) is 53.2 Å². The first-order valence-corrected chi connectivity index (χ1v) is 24.6. The van der Waals surface area contributed by atoms with Crippen LogP contribution >= 0.6 is 0 Å². The summed E-state index contributed by atoms with van der Waals surface area (Å²) >= 11 is 0. The van der Waals surface area contributed by atoms with Crippen molar-refractivity contribution in [3.8, 4) is 0 Å². The van der Waals surface area contributed by atoms with Crippen LogP contribution in [-0.2, 0) is 76.5 Å². The summed E-state index contributed by atoms with van der Waals surface area (Å²) in [6.45, 7) is 2.32. The van der Waals surface area contributed by atoms with Gasteiger partial charge in [-0.3, -0.25) is 57.5 Å². The highest BCUT2D eigenvalue weighted by Crippen LogP contribution is 2.31. The van der Waals surface area contributed by atoms with E-state index in [0.717, 1.165) is 13.8 Å². The summed E-state index contributed by atoms with van der Waals surface area (Å²) in [4.78, 5) is 149. The molecule has 442 valence electrons. The Kier molecular flexibility index (Phi) is 28.9. The maximum absolute atomic E-state index is 13.6. The molecular formula is C44H74N12O22. The van der Waals surface area contributed by atoms with Crippen molar-refractivity contribution in [2.75, 3.05) is 45.9 Å². The minimum Gasteiger partial charge on any atom is -0.480 e. The van der Waals surface area contributed by atoms with Crippen molar-refractivity contribution in [3.63, 3.8) is 0 Å². The lowest BCUT2D eigenvalue weighted by atomic mass is 9.94. The third-order valence-electron chi connectivity index (χ3n) is 11.7. The van der Waals surface area contributed by atoms with Gasteiger partial charge in [-0.2, -0.15) is 0 Å². The molecule has 78 heavy (non-hydrogen) atoms. The molecule has 20 N–H and O–H groups in total. The molecule has 34 nitrogen and oxygen atoms in total. The Balaban J connectivity index is 2.07. The number of rotatable bonds is 32. The van der Waals surface area contributed by atoms with E-state index in [1.165, 1.54) is 20.8 Å². The quantitative estimate of drug-likeness (QED) is 0.0278. The molecule has 0 aromatic carbocycles. The number of nitrogens with one attached hydrogen (secondary N) is 10. The van der Waals surface area contributed by atoms with Gasteiger partial charge < -0.3 is 114 Å². The fourth-order valence-corrected chi connectivity index (χ4v) is 7.48. The zero-order chi connectivity index (χ0) is 59.0. The molecule has 0 aromatic rings. The summed E-state index contributed by atoms with van der Waals surface area (Å²) in [6, 6.07) is -8.78. The van der Waals surface area contributed by atoms with Crippen LogP contribution in [0.5, 0.6) is 0 Å². The number of hydrogen-bond acceptors (Lipinski definition) is 22. The van der Waals surface area contributed by atoms with Crippen molar-refractivity contribution in [2.24, 2.45) is 11.5 Å². The van der Waals surface area contributed by atoms with Crippen molar-refractivity contribution in [1.29, 1.82) is 0 Å². The number of carboxylic acids is 1. The number of amides is 11. The summed E-state index contributed by atoms with van der Waals surface area (Å²) in [5.74, 6) is -10.3. The molecule has 0 bridgehead atoms. The molecule has 0 radical (unpaired) electrons. The first-order chi connectivity index (χ1) is 36.6. The minimum absolute atomic E-state index is 0.0374. The Morgan fingerprint density at radius 1 is 0.590 bits per heavy atom. The Labute approximate surface area is 446 Å². The number of ether oxygens (including phenoxy) is 4. The fourth-order valence-electron chi connectivity index (χ4n) is 7.48. The molecular weight excluding hydrogens is 1050 g/mol. The highest BCUT2D eigenvalue weighted by atomic mass is 16.7. The van der Waals surface area contributed by atoms with Crippen LogP contribution in [0.15, 0.2) is 0 Å². The molecule has 0 saturated carbocycles. The van der Waals surface area contributed by atoms with E-state index in [4.69, 9.17) is 30.4 Å². The molecule has 0 aromatic heterocycles. The average Bonchev–Trinajstić information content (AvgIpc) is 3.37. The van der Waals surface area contributed by atoms with Gasteiger partial charge in [0.15, 0.2) is 12.6 Å². The predicted molar refractivity (Wildman–Crippen MR) is 260 cm³/mol. The first kappa shape index (κ1) is 67.3. The third kappa shape index (κ3) is 22.7. The van der Waals surface area contributed by atoms with E-state index in [1.54, 1.807) is 0 Å². The number of hydrogen-bond donors (Lipinski definition) is 18. The topological polar surface area (TPSA) is 535 Å². The van der Waals surface area contributed by atoms with Gasteiger partial charge in [0.2, 0.25) is 65.0 Å². The number of nitrogens with two attached hydrogens (primary N) is 2. The van der Waals surface area contributed by atoms with Crippen molar-refractivity contribution in [3.05, 3.63) is 0 Å². The van der Waals surface area contributed by atoms with Crippen LogP contribution < -0.4 is 64.6 Å². The van der Waals surface area contributed by atoms with E-state index >= 15 is 0 Å². The van der Waals surface area contributed by atoms with Crippen molar-refractivity contribution in [1.82, 2.24) is 53.2 Å². The van der Waals surface area contributed by atoms with Gasteiger partial charge in [-0.15, -0.1) is 0 Å². The second-order valence-electron chi connectivity index (χ2n) is 18.1. The summed E-state index contributed by atoms with van der Waals surface area (Å²) in [7, 11) is 0. The molecule has 15 unspecified atom stereocenters. The van der Waals surface area contributed by atoms with Gasteiger partial charge in [0.1, 0.15) is 79.0 Å². The highest BCUT2D eigenvalue weighted by molar-refractivity contribution is 5.93. The Hall–Kier alpha value is -6.76. The number of carbonyl (C=O) groups is 12. The monoisotopic (exact) mass is 1120 g/mol. The number of primary amides is 1. The van der Waals surface area contributed by atoms with Crippen LogP contribution in [-0.4, -0.2) is 239 Å². The molecule has 2 aliphatic heterocycles. The molecule has 11 amide bonds. The van der Waals surface area contributed by atoms with E-state index < -0.39 is 208 Å². The van der Waals surface area contributed by atoms with Crippen LogP contribution in [0.4, 0.5) is 0 Å². The van der Waals surface area contributed by atoms with Crippen LogP contribution in [0.2, 0.25) is 0 Å². The van der Waals surface area contributed by atoms with E-state index in [0.29, 0.717) is 0 Å². The molecule has 34 heteroatoms. The predicted octanol–water partition coefficient (Wildman–Crippen LogP) is -10.8. The van der Waals surface area contributed by atoms with Crippen LogP contribution in [0.25, 0.3) is 0 Å². The average molecular weight is 1120 g/mol. The highest BCUT2D eigenvalue weighted by Gasteiger charge is 2.53. The van der Waals surface area contributed by atoms with Gasteiger partial charge >= 0.3 is 5.97 Å². The number of carboxylic acid groups (broad SMARTS) is 1. The zero-order valence-electron chi connectivity index (χ0n) is 43.5. The smallest absolute Gasteiger partial charge is 0.325 e. The van der Waals surface area contributed by atoms with Crippen LogP contribution in [0, 0.1) is 0 Å². The van der Waals surface area contributed by atoms with Crippen molar-refractivity contribution >= 4 is 70.9 Å². The van der Waals surface area contributed by atoms with Gasteiger partial charge in [-0.1, -0.05) is 0 Å². The number of aliphatic hydroxyl groups is 5. The van der Waals surface area contributed by atoms with Crippen molar-refractivity contribution in [2.45, 2.75) is 158 Å². The van der Waals surface area contributed by atoms with Crippen LogP contribution in [0.1, 0.15) is 66.7 Å². The minimum atomic E-state index is -1.91. The molecule has 2 fully saturated rings. The second kappa shape index (κ2) is 33.5. The summed E-state index contributed by atoms with van der Waals surface area (Å²) in [5, 5.41) is 85.0. The fraction of sp³-hybridized carbons (Fsp3) is 0.727. The number of unbranched alkanes of at least 4 members (excludes halogenated alkanes) is 1. The van der Waals surface area contributed by atoms with Gasteiger partial charge in [0, 0.05) is 26.8 Å². The number of aliphatic carboxylic acids is 1. The standard InChI is InChI=1S/C44H74N12O22/c1-18(51-40(70)20(3)75-37-33(54-22(5)60)43(74)76-26(17-58)36(37)78-44-32(53-21(4)59)35(67)34(66)25(16-57)77-44)39(69)56-23(38(46)68)9-10-27(61)55-24(41(71)52-19(2)42(72)73)8-6-7-11-47-29(63)13-49-31(65)15-50-30(64)14-48-28(62)12-45/h18-20,23-26,32-37,43-44,57-58,66-67,74H,6-17,45H2,1-5H3,(H2,46,68)(H,47,63)(H,48,62)(H,49,65)(H,50,64)(H,51,70)(H,52,71)(H,53,59)(H,54,60)(H,55,61)(H,56,69)(H,72,73). The molecule has 2 heterocycles. The summed E-state index contributed by atoms with van der Waals surface area (Å²) in [5.41, 5.74) is 10.7. The molecule has 2 saturated heterocycles. The Bertz CT molecular complexity index is 2110. The van der Waals surface area contributed by atoms with Gasteiger partial charge in [0.25, 0.3) is 0 Å². The van der Waals surface area contributed by atoms with Gasteiger partial charge in [-0.05, 0) is 46.5 Å². The van der Waals surface area contributed by atoms with Crippen LogP contribution in [0.3, 0.4) is 0 Å². The molecule has 2 aliphatic rings. The Morgan fingerprint density at radius 2 is 1.14 bits per heavy atom. The molecule has 15 atom stereocenters. The second-order valence-corrected chi connectivity index (χ2v) is 18.1. The molecule has 0 aliphatic carbocycles. The number of carbonyl (C=O) groups excluding carboxylic acids is 11. The lowest BCUT2D eigenvalue weighted by Crippen LogP contribution is -2.70. The van der Waals surface area contributed by atoms with E-state index in [1.807, 2.05) is 0 Å². The normalized spacial score (nSPS) is 24.7. The third-order valence-corrected chi connectivity index (χ3v) is 11.7. The summed E-state index contributed by atoms with van der Waals surface area (Å²) in [6.07, 6.45) is -15.7.